The fraction of sp³-hybridized carbons (Fsp3) is 0.316. The maximum atomic E-state index is 12.9. The SMILES string of the molecule is O=C(Nc1cccc(S(F)(F)(F)(F)F)c1)NC1CCN(Cc2ccccc2)CC1. The number of rotatable bonds is 5. The molecule has 0 aliphatic carbocycles. The summed E-state index contributed by atoms with van der Waals surface area (Å²) in [6, 6.07) is 11.6. The van der Waals surface area contributed by atoms with Gasteiger partial charge >= 0.3 is 16.3 Å². The predicted molar refractivity (Wildman–Crippen MR) is 105 cm³/mol. The zero-order valence-electron chi connectivity index (χ0n) is 15.5. The number of carbonyl (C=O) groups excluding carboxylic acids is 1. The van der Waals surface area contributed by atoms with E-state index in [-0.39, 0.29) is 17.8 Å². The summed E-state index contributed by atoms with van der Waals surface area (Å²) >= 11 is 0. The Balaban J connectivity index is 1.51. The first kappa shape index (κ1) is 21.4. The van der Waals surface area contributed by atoms with Crippen LogP contribution in [0.3, 0.4) is 0 Å². The molecule has 0 radical (unpaired) electrons. The molecule has 1 saturated heterocycles. The molecule has 1 fully saturated rings. The molecule has 29 heavy (non-hydrogen) atoms. The topological polar surface area (TPSA) is 44.4 Å². The van der Waals surface area contributed by atoms with Gasteiger partial charge in [-0.25, -0.2) is 4.79 Å². The number of nitrogens with zero attached hydrogens (tertiary/aromatic N) is 1. The van der Waals surface area contributed by atoms with E-state index in [1.807, 2.05) is 30.3 Å². The number of halogens is 5. The van der Waals surface area contributed by atoms with E-state index in [1.165, 1.54) is 5.56 Å². The molecule has 1 heterocycles. The second-order valence-electron chi connectivity index (χ2n) is 7.13. The lowest BCUT2D eigenvalue weighted by molar-refractivity contribution is 0.190. The van der Waals surface area contributed by atoms with E-state index in [4.69, 9.17) is 0 Å². The van der Waals surface area contributed by atoms with Crippen LogP contribution in [0.2, 0.25) is 0 Å². The van der Waals surface area contributed by atoms with Gasteiger partial charge in [-0.3, -0.25) is 4.90 Å². The molecule has 0 unspecified atom stereocenters. The van der Waals surface area contributed by atoms with Gasteiger partial charge in [0.15, 0.2) is 0 Å². The van der Waals surface area contributed by atoms with E-state index >= 15 is 0 Å². The third-order valence-electron chi connectivity index (χ3n) is 4.71. The Labute approximate surface area is 165 Å². The molecule has 0 aromatic heterocycles. The van der Waals surface area contributed by atoms with Gasteiger partial charge in [-0.15, -0.1) is 0 Å². The molecule has 10 heteroatoms. The summed E-state index contributed by atoms with van der Waals surface area (Å²) < 4.78 is 64.5. The minimum absolute atomic E-state index is 0.138. The van der Waals surface area contributed by atoms with E-state index < -0.39 is 21.2 Å². The highest BCUT2D eigenvalue weighted by molar-refractivity contribution is 8.45. The molecule has 0 bridgehead atoms. The average Bonchev–Trinajstić information content (AvgIpc) is 2.63. The van der Waals surface area contributed by atoms with E-state index in [2.05, 4.69) is 15.5 Å². The van der Waals surface area contributed by atoms with Crippen LogP contribution in [0.1, 0.15) is 18.4 Å². The molecule has 3 rings (SSSR count). The lowest BCUT2D eigenvalue weighted by atomic mass is 10.0. The molecule has 2 aromatic carbocycles. The second-order valence-corrected chi connectivity index (χ2v) is 9.54. The maximum absolute atomic E-state index is 12.9. The lowest BCUT2D eigenvalue weighted by Gasteiger charge is -2.40. The molecule has 0 atom stereocenters. The number of likely N-dealkylation sites (tertiary alicyclic amines) is 1. The number of carbonyl (C=O) groups is 1. The van der Waals surface area contributed by atoms with E-state index in [9.17, 15) is 24.2 Å². The Hall–Kier alpha value is -2.33. The molecule has 2 amide bonds. The molecule has 1 aliphatic rings. The summed E-state index contributed by atoms with van der Waals surface area (Å²) in [5.41, 5.74) is 0.857. The molecular formula is C19H22F5N3OS. The Morgan fingerprint density at radius 3 is 2.24 bits per heavy atom. The van der Waals surface area contributed by atoms with Gasteiger partial charge in [0.05, 0.1) is 0 Å². The third-order valence-corrected chi connectivity index (χ3v) is 5.85. The Morgan fingerprint density at radius 1 is 0.966 bits per heavy atom. The van der Waals surface area contributed by atoms with Gasteiger partial charge in [-0.1, -0.05) is 55.8 Å². The van der Waals surface area contributed by atoms with Gasteiger partial charge in [0.25, 0.3) is 0 Å². The summed E-state index contributed by atoms with van der Waals surface area (Å²) in [5.74, 6) is 0. The zero-order chi connectivity index (χ0) is 21.2. The first-order valence-corrected chi connectivity index (χ1v) is 11.0. The highest BCUT2D eigenvalue weighted by Crippen LogP contribution is 3.02. The van der Waals surface area contributed by atoms with Crippen LogP contribution >= 0.6 is 10.2 Å². The van der Waals surface area contributed by atoms with Crippen molar-refractivity contribution in [3.63, 3.8) is 0 Å². The van der Waals surface area contributed by atoms with Crippen LogP contribution in [0.25, 0.3) is 0 Å². The van der Waals surface area contributed by atoms with Crippen molar-refractivity contribution >= 4 is 21.9 Å². The van der Waals surface area contributed by atoms with Crippen molar-refractivity contribution in [2.75, 3.05) is 18.4 Å². The van der Waals surface area contributed by atoms with Crippen molar-refractivity contribution in [1.82, 2.24) is 10.2 Å². The van der Waals surface area contributed by atoms with Crippen molar-refractivity contribution < 1.29 is 24.2 Å². The van der Waals surface area contributed by atoms with Gasteiger partial charge in [0.2, 0.25) is 0 Å². The normalized spacial score (nSPS) is 18.5. The van der Waals surface area contributed by atoms with Crippen LogP contribution in [0, 0.1) is 0 Å². The molecule has 1 aliphatic heterocycles. The summed E-state index contributed by atoms with van der Waals surface area (Å²) in [6.07, 6.45) is 1.37. The average molecular weight is 435 g/mol. The standard InChI is InChI=1S/C19H22F5N3OS/c20-29(21,22,23,24)18-8-4-7-17(13-18)26-19(28)25-16-9-11-27(12-10-16)14-15-5-2-1-3-6-15/h1-8,13,16H,9-12,14H2,(H2,25,26,28). The van der Waals surface area contributed by atoms with Crippen LogP contribution in [-0.2, 0) is 6.54 Å². The van der Waals surface area contributed by atoms with E-state index in [0.717, 1.165) is 31.8 Å². The first-order valence-electron chi connectivity index (χ1n) is 9.07. The summed E-state index contributed by atoms with van der Waals surface area (Å²) in [7, 11) is -9.79. The molecule has 0 spiro atoms. The molecular weight excluding hydrogens is 413 g/mol. The van der Waals surface area contributed by atoms with Gasteiger partial charge < -0.3 is 10.6 Å². The van der Waals surface area contributed by atoms with E-state index in [0.29, 0.717) is 18.9 Å². The fourth-order valence-electron chi connectivity index (χ4n) is 3.24. The number of amides is 2. The molecule has 0 saturated carbocycles. The number of anilines is 1. The quantitative estimate of drug-likeness (QED) is 0.555. The molecule has 2 aromatic rings. The van der Waals surface area contributed by atoms with Crippen molar-refractivity contribution in [2.45, 2.75) is 30.3 Å². The number of nitrogens with one attached hydrogen (secondary N) is 2. The molecule has 160 valence electrons. The van der Waals surface area contributed by atoms with Crippen molar-refractivity contribution in [3.8, 4) is 0 Å². The number of piperidine rings is 1. The van der Waals surface area contributed by atoms with Crippen molar-refractivity contribution in [3.05, 3.63) is 60.2 Å². The highest BCUT2D eigenvalue weighted by Gasteiger charge is 2.65. The monoisotopic (exact) mass is 435 g/mol. The van der Waals surface area contributed by atoms with Crippen LogP contribution < -0.4 is 10.6 Å². The zero-order valence-corrected chi connectivity index (χ0v) is 16.3. The van der Waals surface area contributed by atoms with Crippen molar-refractivity contribution in [1.29, 1.82) is 0 Å². The van der Waals surface area contributed by atoms with Crippen LogP contribution in [0.4, 0.5) is 29.9 Å². The Kier molecular flexibility index (Phi) is 5.29. The summed E-state index contributed by atoms with van der Waals surface area (Å²) in [4.78, 5) is 12.3. The number of benzene rings is 2. The van der Waals surface area contributed by atoms with Gasteiger partial charge in [0, 0.05) is 31.4 Å². The van der Waals surface area contributed by atoms with Crippen molar-refractivity contribution in [2.24, 2.45) is 0 Å². The maximum Gasteiger partial charge on any atom is 0.319 e. The van der Waals surface area contributed by atoms with Gasteiger partial charge in [0.1, 0.15) is 4.90 Å². The first-order chi connectivity index (χ1) is 13.4. The number of hydrogen-bond acceptors (Lipinski definition) is 2. The van der Waals surface area contributed by atoms with Crippen LogP contribution in [0.15, 0.2) is 59.5 Å². The molecule has 4 nitrogen and oxygen atoms in total. The van der Waals surface area contributed by atoms with Crippen LogP contribution in [-0.4, -0.2) is 30.1 Å². The van der Waals surface area contributed by atoms with Gasteiger partial charge in [-0.05, 0) is 36.6 Å². The largest absolute Gasteiger partial charge is 0.335 e. The Bertz CT molecular complexity index is 869. The predicted octanol–water partition coefficient (Wildman–Crippen LogP) is 6.13. The minimum atomic E-state index is -9.79. The highest BCUT2D eigenvalue weighted by atomic mass is 32.5. The number of hydrogen-bond donors (Lipinski definition) is 2. The number of urea groups is 1. The van der Waals surface area contributed by atoms with Crippen LogP contribution in [0.5, 0.6) is 0 Å². The van der Waals surface area contributed by atoms with E-state index in [1.54, 1.807) is 0 Å². The Morgan fingerprint density at radius 2 is 1.62 bits per heavy atom. The third kappa shape index (κ3) is 6.33. The smallest absolute Gasteiger partial charge is 0.319 e. The fourth-order valence-corrected chi connectivity index (χ4v) is 3.93. The minimum Gasteiger partial charge on any atom is -0.335 e. The summed E-state index contributed by atoms with van der Waals surface area (Å²) in [6.45, 7) is 2.33. The summed E-state index contributed by atoms with van der Waals surface area (Å²) in [5, 5.41) is 4.90. The molecule has 2 N–H and O–H groups in total. The second kappa shape index (κ2) is 7.17. The van der Waals surface area contributed by atoms with Gasteiger partial charge in [-0.2, -0.15) is 0 Å². The lowest BCUT2D eigenvalue weighted by Crippen LogP contribution is -2.45.